The normalized spacial score (nSPS) is 11.3. The van der Waals surface area contributed by atoms with Gasteiger partial charge in [0.2, 0.25) is 0 Å². The number of hydrogen-bond acceptors (Lipinski definition) is 3. The second-order valence-electron chi connectivity index (χ2n) is 5.51. The van der Waals surface area contributed by atoms with Crippen molar-refractivity contribution in [2.75, 3.05) is 19.6 Å². The Bertz CT molecular complexity index is 482. The summed E-state index contributed by atoms with van der Waals surface area (Å²) in [7, 11) is 0. The maximum atomic E-state index is 2.53. The van der Waals surface area contributed by atoms with Crippen LogP contribution in [0.2, 0.25) is 0 Å². The SMILES string of the molecule is CCN(CC)CC(SCc1ccccc1)SCc1ccccc1. The number of hydrogen-bond donors (Lipinski definition) is 0. The van der Waals surface area contributed by atoms with Crippen molar-refractivity contribution < 1.29 is 0 Å². The fourth-order valence-electron chi connectivity index (χ4n) is 2.37. The van der Waals surface area contributed by atoms with E-state index in [0.29, 0.717) is 4.58 Å². The molecule has 2 aromatic carbocycles. The Morgan fingerprint density at radius 1 is 0.739 bits per heavy atom. The second kappa shape index (κ2) is 10.8. The van der Waals surface area contributed by atoms with E-state index in [2.05, 4.69) is 103 Å². The number of rotatable bonds is 10. The van der Waals surface area contributed by atoms with Gasteiger partial charge in [-0.25, -0.2) is 0 Å². The molecule has 124 valence electrons. The van der Waals surface area contributed by atoms with E-state index in [9.17, 15) is 0 Å². The molecule has 0 N–H and O–H groups in total. The average Bonchev–Trinajstić information content (AvgIpc) is 2.63. The van der Waals surface area contributed by atoms with Crippen LogP contribution in [-0.2, 0) is 11.5 Å². The summed E-state index contributed by atoms with van der Waals surface area (Å²) in [6.07, 6.45) is 0. The molecular formula is C20H27NS2. The quantitative estimate of drug-likeness (QED) is 0.522. The van der Waals surface area contributed by atoms with Crippen LogP contribution in [0.3, 0.4) is 0 Å². The van der Waals surface area contributed by atoms with Gasteiger partial charge in [0.1, 0.15) is 0 Å². The predicted molar refractivity (Wildman–Crippen MR) is 107 cm³/mol. The lowest BCUT2D eigenvalue weighted by Gasteiger charge is -2.25. The van der Waals surface area contributed by atoms with Crippen molar-refractivity contribution in [2.24, 2.45) is 0 Å². The summed E-state index contributed by atoms with van der Waals surface area (Å²) < 4.78 is 0.607. The highest BCUT2D eigenvalue weighted by Crippen LogP contribution is 2.30. The molecule has 0 spiro atoms. The van der Waals surface area contributed by atoms with E-state index in [-0.39, 0.29) is 0 Å². The van der Waals surface area contributed by atoms with Gasteiger partial charge in [0.15, 0.2) is 0 Å². The fourth-order valence-corrected chi connectivity index (χ4v) is 4.94. The van der Waals surface area contributed by atoms with Gasteiger partial charge >= 0.3 is 0 Å². The third-order valence-corrected chi connectivity index (χ3v) is 6.72. The molecule has 0 aliphatic rings. The third-order valence-electron chi connectivity index (χ3n) is 3.86. The Balaban J connectivity index is 1.90. The number of benzene rings is 2. The minimum absolute atomic E-state index is 0.607. The lowest BCUT2D eigenvalue weighted by atomic mass is 10.2. The van der Waals surface area contributed by atoms with Crippen molar-refractivity contribution in [2.45, 2.75) is 29.9 Å². The highest BCUT2D eigenvalue weighted by atomic mass is 32.2. The molecule has 0 heterocycles. The monoisotopic (exact) mass is 345 g/mol. The summed E-state index contributed by atoms with van der Waals surface area (Å²) in [5.74, 6) is 2.18. The van der Waals surface area contributed by atoms with Crippen molar-refractivity contribution in [3.63, 3.8) is 0 Å². The topological polar surface area (TPSA) is 3.24 Å². The van der Waals surface area contributed by atoms with E-state index < -0.39 is 0 Å². The standard InChI is InChI=1S/C20H27NS2/c1-3-21(4-2)15-20(22-16-18-11-7-5-8-12-18)23-17-19-13-9-6-10-14-19/h5-14,20H,3-4,15-17H2,1-2H3. The summed E-state index contributed by atoms with van der Waals surface area (Å²) in [4.78, 5) is 2.53. The van der Waals surface area contributed by atoms with Gasteiger partial charge in [0, 0.05) is 18.1 Å². The van der Waals surface area contributed by atoms with E-state index in [4.69, 9.17) is 0 Å². The summed E-state index contributed by atoms with van der Waals surface area (Å²) in [5.41, 5.74) is 2.84. The summed E-state index contributed by atoms with van der Waals surface area (Å²) >= 11 is 4.15. The molecule has 0 fully saturated rings. The van der Waals surface area contributed by atoms with Crippen LogP contribution in [0.15, 0.2) is 60.7 Å². The maximum absolute atomic E-state index is 2.53. The molecule has 0 aliphatic heterocycles. The van der Waals surface area contributed by atoms with Gasteiger partial charge in [0.25, 0.3) is 0 Å². The van der Waals surface area contributed by atoms with E-state index in [1.807, 2.05) is 0 Å². The van der Waals surface area contributed by atoms with E-state index in [1.54, 1.807) is 0 Å². The minimum Gasteiger partial charge on any atom is -0.302 e. The van der Waals surface area contributed by atoms with E-state index in [0.717, 1.165) is 31.1 Å². The lowest BCUT2D eigenvalue weighted by Crippen LogP contribution is -2.29. The van der Waals surface area contributed by atoms with Crippen molar-refractivity contribution >= 4 is 23.5 Å². The Hall–Kier alpha value is -0.900. The third kappa shape index (κ3) is 7.03. The van der Waals surface area contributed by atoms with Crippen molar-refractivity contribution in [3.05, 3.63) is 71.8 Å². The van der Waals surface area contributed by atoms with Gasteiger partial charge in [-0.05, 0) is 24.2 Å². The zero-order chi connectivity index (χ0) is 16.3. The van der Waals surface area contributed by atoms with Crippen LogP contribution in [0.4, 0.5) is 0 Å². The predicted octanol–water partition coefficient (Wildman–Crippen LogP) is 5.52. The molecule has 0 saturated carbocycles. The molecule has 0 aromatic heterocycles. The molecule has 0 bridgehead atoms. The largest absolute Gasteiger partial charge is 0.302 e. The van der Waals surface area contributed by atoms with Crippen molar-refractivity contribution in [1.29, 1.82) is 0 Å². The first-order valence-corrected chi connectivity index (χ1v) is 10.4. The summed E-state index contributed by atoms with van der Waals surface area (Å²) in [6.45, 7) is 7.92. The summed E-state index contributed by atoms with van der Waals surface area (Å²) in [5, 5.41) is 0. The smallest absolute Gasteiger partial charge is 0.0635 e. The highest BCUT2D eigenvalue weighted by Gasteiger charge is 2.14. The lowest BCUT2D eigenvalue weighted by molar-refractivity contribution is 0.319. The van der Waals surface area contributed by atoms with Crippen molar-refractivity contribution in [1.82, 2.24) is 4.90 Å². The molecule has 0 atom stereocenters. The molecule has 2 aromatic rings. The first-order chi connectivity index (χ1) is 11.3. The molecule has 0 saturated heterocycles. The van der Waals surface area contributed by atoms with Gasteiger partial charge < -0.3 is 4.90 Å². The zero-order valence-electron chi connectivity index (χ0n) is 14.2. The van der Waals surface area contributed by atoms with Crippen LogP contribution in [0.1, 0.15) is 25.0 Å². The molecule has 1 nitrogen and oxygen atoms in total. The molecule has 0 aliphatic carbocycles. The molecular weight excluding hydrogens is 318 g/mol. The highest BCUT2D eigenvalue weighted by molar-refractivity contribution is 8.16. The second-order valence-corrected chi connectivity index (χ2v) is 8.19. The van der Waals surface area contributed by atoms with Gasteiger partial charge in [-0.2, -0.15) is 0 Å². The maximum Gasteiger partial charge on any atom is 0.0635 e. The molecule has 0 amide bonds. The molecule has 2 rings (SSSR count). The Kier molecular flexibility index (Phi) is 8.66. The van der Waals surface area contributed by atoms with Crippen LogP contribution >= 0.6 is 23.5 Å². The Labute approximate surface area is 149 Å². The first-order valence-electron chi connectivity index (χ1n) is 8.35. The average molecular weight is 346 g/mol. The fraction of sp³-hybridized carbons (Fsp3) is 0.400. The van der Waals surface area contributed by atoms with Crippen molar-refractivity contribution in [3.8, 4) is 0 Å². The van der Waals surface area contributed by atoms with E-state index >= 15 is 0 Å². The number of nitrogens with zero attached hydrogens (tertiary/aromatic N) is 1. The van der Waals surface area contributed by atoms with Crippen LogP contribution in [-0.4, -0.2) is 29.1 Å². The van der Waals surface area contributed by atoms with Gasteiger partial charge in [0.05, 0.1) is 4.58 Å². The molecule has 23 heavy (non-hydrogen) atoms. The zero-order valence-corrected chi connectivity index (χ0v) is 15.8. The van der Waals surface area contributed by atoms with Crippen LogP contribution in [0.25, 0.3) is 0 Å². The molecule has 3 heteroatoms. The Morgan fingerprint density at radius 2 is 1.17 bits per heavy atom. The first kappa shape index (κ1) is 18.4. The van der Waals surface area contributed by atoms with Crippen LogP contribution < -0.4 is 0 Å². The minimum atomic E-state index is 0.607. The van der Waals surface area contributed by atoms with Gasteiger partial charge in [-0.3, -0.25) is 0 Å². The van der Waals surface area contributed by atoms with E-state index in [1.165, 1.54) is 11.1 Å². The summed E-state index contributed by atoms with van der Waals surface area (Å²) in [6, 6.07) is 21.6. The van der Waals surface area contributed by atoms with Gasteiger partial charge in [-0.1, -0.05) is 74.5 Å². The van der Waals surface area contributed by atoms with Gasteiger partial charge in [-0.15, -0.1) is 23.5 Å². The van der Waals surface area contributed by atoms with Crippen LogP contribution in [0, 0.1) is 0 Å². The molecule has 0 unspecified atom stereocenters. The number of thioether (sulfide) groups is 2. The van der Waals surface area contributed by atoms with Crippen LogP contribution in [0.5, 0.6) is 0 Å². The molecule has 0 radical (unpaired) electrons. The Morgan fingerprint density at radius 3 is 1.57 bits per heavy atom.